The molecule has 1 aromatic heterocycles. The number of sulfone groups is 1. The zero-order valence-corrected chi connectivity index (χ0v) is 14.0. The Kier molecular flexibility index (Phi) is 4.40. The largest absolute Gasteiger partial charge is 0.342 e. The molecule has 128 valence electrons. The van der Waals surface area contributed by atoms with Gasteiger partial charge < -0.3 is 9.88 Å². The van der Waals surface area contributed by atoms with Crippen LogP contribution < -0.4 is 5.32 Å². The minimum Gasteiger partial charge on any atom is -0.342 e. The van der Waals surface area contributed by atoms with E-state index in [-0.39, 0.29) is 17.4 Å². The average Bonchev–Trinajstić information content (AvgIpc) is 3.10. The van der Waals surface area contributed by atoms with Gasteiger partial charge in [0.25, 0.3) is 0 Å². The third-order valence-electron chi connectivity index (χ3n) is 4.19. The SMILES string of the molecule is Cn1ccnc1[C@@H](NC(=O)[C@H]1CCS(=O)(=O)C1)c1cccc(F)c1. The van der Waals surface area contributed by atoms with E-state index < -0.39 is 27.6 Å². The molecule has 1 saturated heterocycles. The van der Waals surface area contributed by atoms with Crippen molar-refractivity contribution in [2.24, 2.45) is 13.0 Å². The lowest BCUT2D eigenvalue weighted by Crippen LogP contribution is -2.36. The second kappa shape index (κ2) is 6.35. The molecule has 2 heterocycles. The van der Waals surface area contributed by atoms with E-state index in [0.717, 1.165) is 0 Å². The first kappa shape index (κ1) is 16.6. The summed E-state index contributed by atoms with van der Waals surface area (Å²) >= 11 is 0. The van der Waals surface area contributed by atoms with Crippen LogP contribution >= 0.6 is 0 Å². The highest BCUT2D eigenvalue weighted by Gasteiger charge is 2.34. The maximum atomic E-state index is 13.6. The third kappa shape index (κ3) is 3.48. The van der Waals surface area contributed by atoms with E-state index >= 15 is 0 Å². The molecule has 0 radical (unpaired) electrons. The minimum atomic E-state index is -3.15. The normalized spacial score (nSPS) is 20.7. The summed E-state index contributed by atoms with van der Waals surface area (Å²) in [6.07, 6.45) is 3.63. The Hall–Kier alpha value is -2.22. The number of benzene rings is 1. The molecule has 2 atom stereocenters. The van der Waals surface area contributed by atoms with Gasteiger partial charge in [0.15, 0.2) is 9.84 Å². The van der Waals surface area contributed by atoms with Crippen molar-refractivity contribution < 1.29 is 17.6 Å². The maximum absolute atomic E-state index is 13.6. The number of halogens is 1. The van der Waals surface area contributed by atoms with Crippen molar-refractivity contribution in [3.63, 3.8) is 0 Å². The number of hydrogen-bond donors (Lipinski definition) is 1. The first-order valence-corrected chi connectivity index (χ1v) is 9.41. The molecule has 3 rings (SSSR count). The summed E-state index contributed by atoms with van der Waals surface area (Å²) in [5.74, 6) is -0.910. The summed E-state index contributed by atoms with van der Waals surface area (Å²) in [6, 6.07) is 5.28. The highest BCUT2D eigenvalue weighted by atomic mass is 32.2. The Morgan fingerprint density at radius 2 is 2.25 bits per heavy atom. The van der Waals surface area contributed by atoms with Crippen molar-refractivity contribution in [3.05, 3.63) is 53.9 Å². The number of carbonyl (C=O) groups excluding carboxylic acids is 1. The van der Waals surface area contributed by atoms with Crippen LogP contribution in [-0.4, -0.2) is 35.4 Å². The Labute approximate surface area is 139 Å². The lowest BCUT2D eigenvalue weighted by molar-refractivity contribution is -0.124. The minimum absolute atomic E-state index is 0.0259. The lowest BCUT2D eigenvalue weighted by Gasteiger charge is -2.21. The van der Waals surface area contributed by atoms with Gasteiger partial charge in [-0.2, -0.15) is 0 Å². The van der Waals surface area contributed by atoms with Crippen LogP contribution in [0.4, 0.5) is 4.39 Å². The van der Waals surface area contributed by atoms with Crippen LogP contribution in [0.15, 0.2) is 36.7 Å². The molecule has 1 aromatic carbocycles. The van der Waals surface area contributed by atoms with Crippen molar-refractivity contribution in [3.8, 4) is 0 Å². The van der Waals surface area contributed by atoms with Crippen LogP contribution in [0.3, 0.4) is 0 Å². The Bertz CT molecular complexity index is 863. The number of rotatable bonds is 4. The molecule has 1 amide bonds. The Morgan fingerprint density at radius 3 is 2.83 bits per heavy atom. The van der Waals surface area contributed by atoms with E-state index in [2.05, 4.69) is 10.3 Å². The molecule has 0 aliphatic carbocycles. The van der Waals surface area contributed by atoms with E-state index in [4.69, 9.17) is 0 Å². The molecule has 0 saturated carbocycles. The zero-order valence-electron chi connectivity index (χ0n) is 13.1. The highest BCUT2D eigenvalue weighted by molar-refractivity contribution is 7.91. The molecule has 1 aliphatic heterocycles. The molecule has 0 unspecified atom stereocenters. The topological polar surface area (TPSA) is 81.1 Å². The third-order valence-corrected chi connectivity index (χ3v) is 5.96. The maximum Gasteiger partial charge on any atom is 0.225 e. The number of carbonyl (C=O) groups is 1. The summed E-state index contributed by atoms with van der Waals surface area (Å²) in [4.78, 5) is 16.7. The molecule has 0 bridgehead atoms. The van der Waals surface area contributed by atoms with E-state index in [1.165, 1.54) is 12.1 Å². The lowest BCUT2D eigenvalue weighted by atomic mass is 10.0. The van der Waals surface area contributed by atoms with Crippen molar-refractivity contribution in [1.29, 1.82) is 0 Å². The molecule has 0 spiro atoms. The number of aromatic nitrogens is 2. The predicted molar refractivity (Wildman–Crippen MR) is 86.4 cm³/mol. The van der Waals surface area contributed by atoms with Crippen molar-refractivity contribution in [2.45, 2.75) is 12.5 Å². The van der Waals surface area contributed by atoms with Crippen molar-refractivity contribution in [2.75, 3.05) is 11.5 Å². The van der Waals surface area contributed by atoms with Crippen LogP contribution in [-0.2, 0) is 21.7 Å². The number of nitrogens with one attached hydrogen (secondary N) is 1. The van der Waals surface area contributed by atoms with Crippen LogP contribution in [0.2, 0.25) is 0 Å². The van der Waals surface area contributed by atoms with Gasteiger partial charge in [-0.25, -0.2) is 17.8 Å². The van der Waals surface area contributed by atoms with Gasteiger partial charge in [-0.3, -0.25) is 4.79 Å². The smallest absolute Gasteiger partial charge is 0.225 e. The van der Waals surface area contributed by atoms with Crippen LogP contribution in [0.5, 0.6) is 0 Å². The molecule has 8 heteroatoms. The zero-order chi connectivity index (χ0) is 17.3. The van der Waals surface area contributed by atoms with E-state index in [0.29, 0.717) is 17.8 Å². The fraction of sp³-hybridized carbons (Fsp3) is 0.375. The summed E-state index contributed by atoms with van der Waals surface area (Å²) in [7, 11) is -1.37. The second-order valence-corrected chi connectivity index (χ2v) is 8.22. The van der Waals surface area contributed by atoms with Crippen LogP contribution in [0, 0.1) is 11.7 Å². The summed E-state index contributed by atoms with van der Waals surface area (Å²) in [5.41, 5.74) is 0.554. The highest BCUT2D eigenvalue weighted by Crippen LogP contribution is 2.24. The summed E-state index contributed by atoms with van der Waals surface area (Å²) in [5, 5.41) is 2.83. The molecular weight excluding hydrogens is 333 g/mol. The molecule has 1 aliphatic rings. The van der Waals surface area contributed by atoms with Gasteiger partial charge >= 0.3 is 0 Å². The molecular formula is C16H18FN3O3S. The summed E-state index contributed by atoms with van der Waals surface area (Å²) in [6.45, 7) is 0. The van der Waals surface area contributed by atoms with E-state index in [9.17, 15) is 17.6 Å². The molecule has 1 fully saturated rings. The van der Waals surface area contributed by atoms with Gasteiger partial charge in [0.05, 0.1) is 17.4 Å². The molecule has 2 aromatic rings. The molecule has 1 N–H and O–H groups in total. The van der Waals surface area contributed by atoms with Crippen molar-refractivity contribution in [1.82, 2.24) is 14.9 Å². The van der Waals surface area contributed by atoms with Crippen LogP contribution in [0.25, 0.3) is 0 Å². The number of imidazole rings is 1. The van der Waals surface area contributed by atoms with Gasteiger partial charge in [0, 0.05) is 19.4 Å². The Balaban J connectivity index is 1.89. The van der Waals surface area contributed by atoms with Crippen molar-refractivity contribution >= 4 is 15.7 Å². The van der Waals surface area contributed by atoms with Gasteiger partial charge in [-0.1, -0.05) is 12.1 Å². The number of aryl methyl sites for hydroxylation is 1. The first-order chi connectivity index (χ1) is 11.4. The molecule has 6 nitrogen and oxygen atoms in total. The fourth-order valence-corrected chi connectivity index (χ4v) is 4.64. The van der Waals surface area contributed by atoms with Gasteiger partial charge in [-0.15, -0.1) is 0 Å². The second-order valence-electron chi connectivity index (χ2n) is 5.99. The fourth-order valence-electron chi connectivity index (χ4n) is 2.90. The van der Waals surface area contributed by atoms with E-state index in [1.54, 1.807) is 36.1 Å². The number of nitrogens with zero attached hydrogens (tertiary/aromatic N) is 2. The number of hydrogen-bond acceptors (Lipinski definition) is 4. The van der Waals surface area contributed by atoms with Gasteiger partial charge in [0.1, 0.15) is 17.7 Å². The van der Waals surface area contributed by atoms with Gasteiger partial charge in [-0.05, 0) is 24.1 Å². The molecule has 24 heavy (non-hydrogen) atoms. The standard InChI is InChI=1S/C16H18FN3O3S/c1-20-7-6-18-15(20)14(11-3-2-4-13(17)9-11)19-16(21)12-5-8-24(22,23)10-12/h2-4,6-7,9,12,14H,5,8,10H2,1H3,(H,19,21)/t12-,14-/m0/s1. The monoisotopic (exact) mass is 351 g/mol. The Morgan fingerprint density at radius 1 is 1.46 bits per heavy atom. The van der Waals surface area contributed by atoms with E-state index in [1.807, 2.05) is 0 Å². The quantitative estimate of drug-likeness (QED) is 0.897. The predicted octanol–water partition coefficient (Wildman–Crippen LogP) is 1.20. The summed E-state index contributed by atoms with van der Waals surface area (Å²) < 4.78 is 38.5. The average molecular weight is 351 g/mol. The number of amides is 1. The van der Waals surface area contributed by atoms with Crippen LogP contribution in [0.1, 0.15) is 23.9 Å². The van der Waals surface area contributed by atoms with Gasteiger partial charge in [0.2, 0.25) is 5.91 Å². The first-order valence-electron chi connectivity index (χ1n) is 7.59.